The van der Waals surface area contributed by atoms with Crippen molar-refractivity contribution in [1.82, 2.24) is 10.6 Å². The van der Waals surface area contributed by atoms with Crippen LogP contribution in [0.15, 0.2) is 24.3 Å². The van der Waals surface area contributed by atoms with Gasteiger partial charge >= 0.3 is 5.97 Å². The molecule has 24 heavy (non-hydrogen) atoms. The summed E-state index contributed by atoms with van der Waals surface area (Å²) in [5.74, 6) is -0.911. The minimum Gasteiger partial charge on any atom is -0.494 e. The van der Waals surface area contributed by atoms with Crippen molar-refractivity contribution in [1.29, 1.82) is 0 Å². The number of hydrogen-bond donors (Lipinski definition) is 4. The Morgan fingerprint density at radius 2 is 1.88 bits per heavy atom. The average molecular weight is 337 g/mol. The van der Waals surface area contributed by atoms with Gasteiger partial charge < -0.3 is 25.8 Å². The Morgan fingerprint density at radius 3 is 2.42 bits per heavy atom. The van der Waals surface area contributed by atoms with Gasteiger partial charge in [-0.3, -0.25) is 14.4 Å². The summed E-state index contributed by atoms with van der Waals surface area (Å²) in [4.78, 5) is 33.5. The third-order valence-electron chi connectivity index (χ3n) is 2.93. The third kappa shape index (κ3) is 7.48. The number of aliphatic carboxylic acids is 1. The number of nitrogens with one attached hydrogen (secondary N) is 3. The van der Waals surface area contributed by atoms with Gasteiger partial charge in [0, 0.05) is 25.6 Å². The molecule has 4 N–H and O–H groups in total. The number of amides is 2. The lowest BCUT2D eigenvalue weighted by Gasteiger charge is -2.19. The summed E-state index contributed by atoms with van der Waals surface area (Å²) < 4.78 is 5.43. The van der Waals surface area contributed by atoms with Crippen molar-refractivity contribution in [3.8, 4) is 5.75 Å². The molecule has 0 radical (unpaired) electrons. The van der Waals surface area contributed by atoms with E-state index in [4.69, 9.17) is 9.84 Å². The highest BCUT2D eigenvalue weighted by Crippen LogP contribution is 2.16. The Kier molecular flexibility index (Phi) is 8.10. The van der Waals surface area contributed by atoms with Gasteiger partial charge in [-0.15, -0.1) is 0 Å². The van der Waals surface area contributed by atoms with Crippen LogP contribution in [0, 0.1) is 0 Å². The van der Waals surface area contributed by atoms with Crippen LogP contribution in [0.4, 0.5) is 5.69 Å². The number of ether oxygens (including phenoxy) is 1. The first-order valence-electron chi connectivity index (χ1n) is 7.68. The fraction of sp³-hybridized carbons (Fsp3) is 0.438. The molecule has 1 unspecified atom stereocenters. The van der Waals surface area contributed by atoms with Crippen LogP contribution in [0.25, 0.3) is 0 Å². The molecule has 0 aliphatic heterocycles. The van der Waals surface area contributed by atoms with Crippen molar-refractivity contribution in [2.75, 3.05) is 18.5 Å². The summed E-state index contributed by atoms with van der Waals surface area (Å²) in [7, 11) is 0. The van der Waals surface area contributed by atoms with Gasteiger partial charge in [-0.05, 0) is 37.6 Å². The zero-order valence-electron chi connectivity index (χ0n) is 13.8. The number of rotatable bonds is 10. The molecular weight excluding hydrogens is 314 g/mol. The fourth-order valence-corrected chi connectivity index (χ4v) is 1.87. The lowest BCUT2D eigenvalue weighted by Crippen LogP contribution is -2.50. The van der Waals surface area contributed by atoms with Crippen LogP contribution < -0.4 is 20.7 Å². The summed E-state index contributed by atoms with van der Waals surface area (Å²) in [5, 5.41) is 16.6. The first kappa shape index (κ1) is 19.3. The second kappa shape index (κ2) is 10.1. The molecule has 0 aliphatic carbocycles. The summed E-state index contributed by atoms with van der Waals surface area (Å²) in [6.07, 6.45) is -0.383. The highest BCUT2D eigenvalue weighted by Gasteiger charge is 2.18. The molecule has 1 aromatic rings. The predicted octanol–water partition coefficient (Wildman–Crippen LogP) is 0.940. The molecule has 8 nitrogen and oxygen atoms in total. The van der Waals surface area contributed by atoms with E-state index in [1.807, 2.05) is 0 Å². The quantitative estimate of drug-likeness (QED) is 0.373. The number of hydrogen-bond acceptors (Lipinski definition) is 5. The molecule has 8 heteroatoms. The highest BCUT2D eigenvalue weighted by molar-refractivity contribution is 5.88. The molecule has 0 aliphatic rings. The van der Waals surface area contributed by atoms with Crippen LogP contribution in [0.1, 0.15) is 26.7 Å². The molecule has 0 bridgehead atoms. The second-order valence-electron chi connectivity index (χ2n) is 5.04. The average Bonchev–Trinajstić information content (AvgIpc) is 2.52. The maximum atomic E-state index is 11.9. The van der Waals surface area contributed by atoms with E-state index >= 15 is 0 Å². The zero-order chi connectivity index (χ0) is 17.9. The Bertz CT molecular complexity index is 559. The number of carboxylic acids is 1. The first-order valence-corrected chi connectivity index (χ1v) is 7.68. The lowest BCUT2D eigenvalue weighted by molar-refractivity contribution is -0.137. The van der Waals surface area contributed by atoms with Gasteiger partial charge in [0.2, 0.25) is 5.91 Å². The maximum Gasteiger partial charge on any atom is 0.303 e. The fourth-order valence-electron chi connectivity index (χ4n) is 1.87. The van der Waals surface area contributed by atoms with Gasteiger partial charge in [0.1, 0.15) is 5.75 Å². The second-order valence-corrected chi connectivity index (χ2v) is 5.04. The van der Waals surface area contributed by atoms with E-state index in [1.165, 1.54) is 6.92 Å². The summed E-state index contributed by atoms with van der Waals surface area (Å²) in [6.45, 7) is 3.90. The number of carbonyl (C=O) groups excluding carboxylic acids is 2. The molecule has 0 saturated carbocycles. The Balaban J connectivity index is 2.57. The molecule has 1 rings (SSSR count). The highest BCUT2D eigenvalue weighted by atomic mass is 16.5. The molecule has 0 fully saturated rings. The van der Waals surface area contributed by atoms with Crippen molar-refractivity contribution < 1.29 is 24.2 Å². The Morgan fingerprint density at radius 1 is 1.21 bits per heavy atom. The number of anilines is 1. The van der Waals surface area contributed by atoms with Crippen molar-refractivity contribution in [2.24, 2.45) is 0 Å². The van der Waals surface area contributed by atoms with Gasteiger partial charge in [0.15, 0.2) is 6.17 Å². The van der Waals surface area contributed by atoms with Crippen molar-refractivity contribution in [2.45, 2.75) is 32.9 Å². The molecule has 2 amide bonds. The number of benzene rings is 1. The van der Waals surface area contributed by atoms with Crippen LogP contribution in [0.5, 0.6) is 5.75 Å². The Hall–Kier alpha value is -2.77. The van der Waals surface area contributed by atoms with E-state index in [0.717, 1.165) is 0 Å². The zero-order valence-corrected chi connectivity index (χ0v) is 13.8. The van der Waals surface area contributed by atoms with Gasteiger partial charge in [-0.25, -0.2) is 0 Å². The number of carbonyl (C=O) groups is 3. The van der Waals surface area contributed by atoms with Crippen LogP contribution in [0.3, 0.4) is 0 Å². The third-order valence-corrected chi connectivity index (χ3v) is 2.93. The normalized spacial score (nSPS) is 11.2. The van der Waals surface area contributed by atoms with Crippen LogP contribution in [-0.4, -0.2) is 42.2 Å². The van der Waals surface area contributed by atoms with Crippen LogP contribution >= 0.6 is 0 Å². The molecule has 0 aromatic heterocycles. The van der Waals surface area contributed by atoms with E-state index in [2.05, 4.69) is 16.0 Å². The van der Waals surface area contributed by atoms with Crippen LogP contribution in [-0.2, 0) is 14.4 Å². The molecule has 132 valence electrons. The molecule has 1 atom stereocenters. The molecule has 0 saturated heterocycles. The lowest BCUT2D eigenvalue weighted by atomic mass is 10.2. The van der Waals surface area contributed by atoms with Gasteiger partial charge in [-0.1, -0.05) is 0 Å². The molecule has 0 heterocycles. The van der Waals surface area contributed by atoms with Gasteiger partial charge in [-0.2, -0.15) is 0 Å². The summed E-state index contributed by atoms with van der Waals surface area (Å²) >= 11 is 0. The Labute approximate surface area is 140 Å². The van der Waals surface area contributed by atoms with Gasteiger partial charge in [0.25, 0.3) is 5.91 Å². The smallest absolute Gasteiger partial charge is 0.303 e. The maximum absolute atomic E-state index is 11.9. The largest absolute Gasteiger partial charge is 0.494 e. The number of likely N-dealkylation sites (N-methyl/N-ethyl adjacent to an activating group) is 1. The standard InChI is InChI=1S/C16H23N3O5/c1-3-17-16(23)15(18-11(2)20)19-12-6-8-13(9-7-12)24-10-4-5-14(21)22/h6-9,15,19H,3-5,10H2,1-2H3,(H,17,23)(H,18,20)(H,21,22). The number of carboxylic acid groups (broad SMARTS) is 1. The van der Waals surface area contributed by atoms with E-state index < -0.39 is 12.1 Å². The summed E-state index contributed by atoms with van der Waals surface area (Å²) in [5.41, 5.74) is 0.637. The minimum atomic E-state index is -0.871. The van der Waals surface area contributed by atoms with Gasteiger partial charge in [0.05, 0.1) is 6.61 Å². The molecular formula is C16H23N3O5. The van der Waals surface area contributed by atoms with Crippen molar-refractivity contribution in [3.05, 3.63) is 24.3 Å². The van der Waals surface area contributed by atoms with E-state index in [0.29, 0.717) is 31.0 Å². The van der Waals surface area contributed by atoms with Crippen molar-refractivity contribution in [3.63, 3.8) is 0 Å². The monoisotopic (exact) mass is 337 g/mol. The summed E-state index contributed by atoms with van der Waals surface area (Å²) in [6, 6.07) is 6.82. The minimum absolute atomic E-state index is 0.0601. The van der Waals surface area contributed by atoms with Crippen LogP contribution in [0.2, 0.25) is 0 Å². The van der Waals surface area contributed by atoms with E-state index in [-0.39, 0.29) is 18.2 Å². The molecule has 0 spiro atoms. The van der Waals surface area contributed by atoms with E-state index in [9.17, 15) is 14.4 Å². The predicted molar refractivity (Wildman–Crippen MR) is 88.7 cm³/mol. The van der Waals surface area contributed by atoms with E-state index in [1.54, 1.807) is 31.2 Å². The SMILES string of the molecule is CCNC(=O)C(NC(C)=O)Nc1ccc(OCCCC(=O)O)cc1. The first-order chi connectivity index (χ1) is 11.4. The topological polar surface area (TPSA) is 117 Å². The van der Waals surface area contributed by atoms with Crippen molar-refractivity contribution >= 4 is 23.5 Å². The molecule has 1 aromatic carbocycles.